The van der Waals surface area contributed by atoms with Crippen LogP contribution in [-0.2, 0) is 11.8 Å². The monoisotopic (exact) mass is 377 g/mol. The minimum Gasteiger partial charge on any atom is -0.497 e. The molecule has 0 spiro atoms. The number of hydrogen-bond donors (Lipinski definition) is 1. The minimum atomic E-state index is -0.356. The maximum Gasteiger partial charge on any atom is 0.244 e. The van der Waals surface area contributed by atoms with Crippen LogP contribution in [0.1, 0.15) is 23.0 Å². The average molecular weight is 377 g/mol. The molecule has 1 heterocycles. The van der Waals surface area contributed by atoms with E-state index in [1.165, 1.54) is 6.08 Å². The van der Waals surface area contributed by atoms with E-state index >= 15 is 0 Å². The van der Waals surface area contributed by atoms with Gasteiger partial charge in [0.15, 0.2) is 0 Å². The van der Waals surface area contributed by atoms with Crippen molar-refractivity contribution in [2.75, 3.05) is 14.2 Å². The van der Waals surface area contributed by atoms with Crippen molar-refractivity contribution >= 4 is 12.0 Å². The van der Waals surface area contributed by atoms with Gasteiger partial charge in [-0.15, -0.1) is 0 Å². The van der Waals surface area contributed by atoms with Crippen LogP contribution in [0, 0.1) is 0 Å². The SMILES string of the molecule is COc1ccc(OC)c(C=CC(=O)NC(c2ccccc2)c2nccn2C)c1. The van der Waals surface area contributed by atoms with Crippen LogP contribution in [0.3, 0.4) is 0 Å². The molecule has 2 aromatic carbocycles. The van der Waals surface area contributed by atoms with E-state index in [9.17, 15) is 4.79 Å². The summed E-state index contributed by atoms with van der Waals surface area (Å²) in [6, 6.07) is 14.8. The van der Waals surface area contributed by atoms with Gasteiger partial charge in [-0.05, 0) is 29.8 Å². The number of nitrogens with one attached hydrogen (secondary N) is 1. The van der Waals surface area contributed by atoms with Gasteiger partial charge in [-0.1, -0.05) is 30.3 Å². The molecule has 3 rings (SSSR count). The van der Waals surface area contributed by atoms with Gasteiger partial charge in [-0.25, -0.2) is 4.98 Å². The Bertz CT molecular complexity index is 964. The summed E-state index contributed by atoms with van der Waals surface area (Å²) in [7, 11) is 5.09. The summed E-state index contributed by atoms with van der Waals surface area (Å²) >= 11 is 0. The topological polar surface area (TPSA) is 65.4 Å². The molecule has 0 fully saturated rings. The van der Waals surface area contributed by atoms with E-state index in [0.29, 0.717) is 11.5 Å². The Morgan fingerprint density at radius 1 is 1.14 bits per heavy atom. The predicted octanol–water partition coefficient (Wildman–Crippen LogP) is 3.36. The lowest BCUT2D eigenvalue weighted by Crippen LogP contribution is -2.29. The summed E-state index contributed by atoms with van der Waals surface area (Å²) < 4.78 is 12.5. The molecule has 0 saturated carbocycles. The second-order valence-corrected chi connectivity index (χ2v) is 6.19. The lowest BCUT2D eigenvalue weighted by Gasteiger charge is -2.18. The molecule has 1 atom stereocenters. The first-order chi connectivity index (χ1) is 13.6. The Labute approximate surface area is 164 Å². The first-order valence-electron chi connectivity index (χ1n) is 8.85. The van der Waals surface area contributed by atoms with Gasteiger partial charge in [0.2, 0.25) is 5.91 Å². The molecule has 3 aromatic rings. The van der Waals surface area contributed by atoms with Crippen molar-refractivity contribution in [1.82, 2.24) is 14.9 Å². The minimum absolute atomic E-state index is 0.235. The summed E-state index contributed by atoms with van der Waals surface area (Å²) in [5, 5.41) is 3.03. The zero-order valence-electron chi connectivity index (χ0n) is 16.1. The molecule has 1 amide bonds. The molecular weight excluding hydrogens is 354 g/mol. The number of amides is 1. The molecule has 0 saturated heterocycles. The third kappa shape index (κ3) is 4.40. The van der Waals surface area contributed by atoms with Gasteiger partial charge >= 0.3 is 0 Å². The quantitative estimate of drug-likeness (QED) is 0.641. The van der Waals surface area contributed by atoms with Gasteiger partial charge in [-0.2, -0.15) is 0 Å². The van der Waals surface area contributed by atoms with E-state index in [1.807, 2.05) is 60.3 Å². The van der Waals surface area contributed by atoms with Crippen LogP contribution in [0.2, 0.25) is 0 Å². The number of aromatic nitrogens is 2. The molecule has 1 unspecified atom stereocenters. The molecule has 1 aromatic heterocycles. The van der Waals surface area contributed by atoms with Crippen molar-refractivity contribution in [3.05, 3.63) is 84.0 Å². The number of benzene rings is 2. The van der Waals surface area contributed by atoms with Gasteiger partial charge in [-0.3, -0.25) is 4.79 Å². The lowest BCUT2D eigenvalue weighted by molar-refractivity contribution is -0.117. The second-order valence-electron chi connectivity index (χ2n) is 6.19. The van der Waals surface area contributed by atoms with Gasteiger partial charge in [0.25, 0.3) is 0 Å². The standard InChI is InChI=1S/C22H23N3O3/c1-25-14-13-23-22(25)21(16-7-5-4-6-8-16)24-20(26)12-9-17-15-18(27-2)10-11-19(17)28-3/h4-15,21H,1-3H3,(H,24,26). The first-order valence-corrected chi connectivity index (χ1v) is 8.85. The fourth-order valence-corrected chi connectivity index (χ4v) is 2.92. The zero-order chi connectivity index (χ0) is 19.9. The molecule has 1 N–H and O–H groups in total. The van der Waals surface area contributed by atoms with Crippen molar-refractivity contribution in [2.45, 2.75) is 6.04 Å². The van der Waals surface area contributed by atoms with E-state index in [-0.39, 0.29) is 11.9 Å². The van der Waals surface area contributed by atoms with Crippen molar-refractivity contribution < 1.29 is 14.3 Å². The second kappa shape index (κ2) is 8.90. The fourth-order valence-electron chi connectivity index (χ4n) is 2.92. The summed E-state index contributed by atoms with van der Waals surface area (Å²) in [4.78, 5) is 17.1. The lowest BCUT2D eigenvalue weighted by atomic mass is 10.1. The van der Waals surface area contributed by atoms with Gasteiger partial charge in [0, 0.05) is 31.1 Å². The summed E-state index contributed by atoms with van der Waals surface area (Å²) in [5.74, 6) is 1.87. The Kier molecular flexibility index (Phi) is 6.11. The number of imidazole rings is 1. The first kappa shape index (κ1) is 19.2. The zero-order valence-corrected chi connectivity index (χ0v) is 16.1. The largest absolute Gasteiger partial charge is 0.497 e. The molecular formula is C22H23N3O3. The van der Waals surface area contributed by atoms with Crippen LogP contribution in [0.4, 0.5) is 0 Å². The van der Waals surface area contributed by atoms with E-state index in [1.54, 1.807) is 32.6 Å². The third-order valence-corrected chi connectivity index (χ3v) is 4.39. The number of aryl methyl sites for hydroxylation is 1. The van der Waals surface area contributed by atoms with Crippen LogP contribution in [0.25, 0.3) is 6.08 Å². The van der Waals surface area contributed by atoms with E-state index in [4.69, 9.17) is 9.47 Å². The molecule has 0 bridgehead atoms. The van der Waals surface area contributed by atoms with Crippen LogP contribution in [0.5, 0.6) is 11.5 Å². The highest BCUT2D eigenvalue weighted by molar-refractivity contribution is 5.92. The Hall–Kier alpha value is -3.54. The van der Waals surface area contributed by atoms with Crippen LogP contribution < -0.4 is 14.8 Å². The highest BCUT2D eigenvalue weighted by Crippen LogP contribution is 2.25. The maximum absolute atomic E-state index is 12.7. The number of rotatable bonds is 7. The number of nitrogens with zero attached hydrogens (tertiary/aromatic N) is 2. The van der Waals surface area contributed by atoms with Gasteiger partial charge in [0.1, 0.15) is 23.4 Å². The molecule has 6 heteroatoms. The molecule has 0 radical (unpaired) electrons. The number of carbonyl (C=O) groups is 1. The highest BCUT2D eigenvalue weighted by atomic mass is 16.5. The van der Waals surface area contributed by atoms with Crippen molar-refractivity contribution in [2.24, 2.45) is 7.05 Å². The Morgan fingerprint density at radius 3 is 2.57 bits per heavy atom. The van der Waals surface area contributed by atoms with Crippen LogP contribution in [0.15, 0.2) is 67.0 Å². The number of methoxy groups -OCH3 is 2. The van der Waals surface area contributed by atoms with Crippen molar-refractivity contribution in [3.8, 4) is 11.5 Å². The van der Waals surface area contributed by atoms with E-state index in [2.05, 4.69) is 10.3 Å². The van der Waals surface area contributed by atoms with Crippen LogP contribution in [-0.4, -0.2) is 29.7 Å². The molecule has 0 aliphatic rings. The van der Waals surface area contributed by atoms with Gasteiger partial charge < -0.3 is 19.4 Å². The fraction of sp³-hybridized carbons (Fsp3) is 0.182. The normalized spacial score (nSPS) is 12.0. The van der Waals surface area contributed by atoms with Crippen molar-refractivity contribution in [3.63, 3.8) is 0 Å². The summed E-state index contributed by atoms with van der Waals surface area (Å²) in [6.07, 6.45) is 6.76. The smallest absolute Gasteiger partial charge is 0.244 e. The van der Waals surface area contributed by atoms with Crippen LogP contribution >= 0.6 is 0 Å². The van der Waals surface area contributed by atoms with E-state index < -0.39 is 0 Å². The molecule has 0 aliphatic heterocycles. The maximum atomic E-state index is 12.7. The molecule has 28 heavy (non-hydrogen) atoms. The van der Waals surface area contributed by atoms with Crippen molar-refractivity contribution in [1.29, 1.82) is 0 Å². The Morgan fingerprint density at radius 2 is 1.93 bits per heavy atom. The summed E-state index contributed by atoms with van der Waals surface area (Å²) in [6.45, 7) is 0. The number of hydrogen-bond acceptors (Lipinski definition) is 4. The number of ether oxygens (including phenoxy) is 2. The predicted molar refractivity (Wildman–Crippen MR) is 108 cm³/mol. The Balaban J connectivity index is 1.83. The average Bonchev–Trinajstić information content (AvgIpc) is 3.16. The van der Waals surface area contributed by atoms with E-state index in [0.717, 1.165) is 17.0 Å². The molecule has 0 aliphatic carbocycles. The van der Waals surface area contributed by atoms with Gasteiger partial charge in [0.05, 0.1) is 14.2 Å². The number of carbonyl (C=O) groups excluding carboxylic acids is 1. The molecule has 6 nitrogen and oxygen atoms in total. The third-order valence-electron chi connectivity index (χ3n) is 4.39. The highest BCUT2D eigenvalue weighted by Gasteiger charge is 2.19. The summed E-state index contributed by atoms with van der Waals surface area (Å²) in [5.41, 5.74) is 1.71. The molecule has 144 valence electrons.